The Morgan fingerprint density at radius 3 is 2.07 bits per heavy atom. The van der Waals surface area contributed by atoms with Gasteiger partial charge in [0.1, 0.15) is 5.75 Å². The third-order valence-corrected chi connectivity index (χ3v) is 3.88. The molecule has 0 bridgehead atoms. The standard InChI is InChI=1S/C21H25N3O3S/c1-4-19(25)22-16-7-9-17(10-8-16)23-21(28)24-20(26)15-5-11-18(12-6-15)27-13-14(2)3/h5-12,14H,4,13H2,1-3H3,(H,22,25)(H2,23,24,26,28). The number of carbonyl (C=O) groups is 2. The lowest BCUT2D eigenvalue weighted by molar-refractivity contribution is -0.115. The summed E-state index contributed by atoms with van der Waals surface area (Å²) in [6.07, 6.45) is 0.418. The predicted molar refractivity (Wildman–Crippen MR) is 116 cm³/mol. The van der Waals surface area contributed by atoms with Crippen molar-refractivity contribution in [3.05, 3.63) is 54.1 Å². The molecule has 7 heteroatoms. The molecule has 2 aromatic rings. The van der Waals surface area contributed by atoms with Crippen LogP contribution in [0.4, 0.5) is 11.4 Å². The summed E-state index contributed by atoms with van der Waals surface area (Å²) in [5, 5.41) is 8.54. The molecule has 2 rings (SSSR count). The minimum atomic E-state index is -0.306. The third-order valence-electron chi connectivity index (χ3n) is 3.67. The molecular weight excluding hydrogens is 374 g/mol. The largest absolute Gasteiger partial charge is 0.493 e. The predicted octanol–water partition coefficient (Wildman–Crippen LogP) is 4.20. The van der Waals surface area contributed by atoms with Crippen LogP contribution in [0.3, 0.4) is 0 Å². The van der Waals surface area contributed by atoms with Crippen LogP contribution in [0.25, 0.3) is 0 Å². The Hall–Kier alpha value is -2.93. The third kappa shape index (κ3) is 7.00. The normalized spacial score (nSPS) is 10.3. The average molecular weight is 400 g/mol. The van der Waals surface area contributed by atoms with E-state index in [0.717, 1.165) is 5.75 Å². The van der Waals surface area contributed by atoms with Crippen LogP contribution in [0.2, 0.25) is 0 Å². The van der Waals surface area contributed by atoms with Crippen molar-refractivity contribution >= 4 is 40.5 Å². The number of hydrogen-bond donors (Lipinski definition) is 3. The lowest BCUT2D eigenvalue weighted by atomic mass is 10.2. The average Bonchev–Trinajstić information content (AvgIpc) is 2.68. The number of hydrogen-bond acceptors (Lipinski definition) is 4. The number of ether oxygens (including phenoxy) is 1. The van der Waals surface area contributed by atoms with E-state index >= 15 is 0 Å². The van der Waals surface area contributed by atoms with E-state index in [4.69, 9.17) is 17.0 Å². The molecule has 0 aliphatic heterocycles. The molecule has 0 saturated heterocycles. The first kappa shape index (κ1) is 21.4. The van der Waals surface area contributed by atoms with Gasteiger partial charge in [-0.3, -0.25) is 14.9 Å². The van der Waals surface area contributed by atoms with Gasteiger partial charge in [0.25, 0.3) is 5.91 Å². The van der Waals surface area contributed by atoms with E-state index < -0.39 is 0 Å². The second kappa shape index (κ2) is 10.4. The number of nitrogens with one attached hydrogen (secondary N) is 3. The summed E-state index contributed by atoms with van der Waals surface area (Å²) >= 11 is 5.19. The Kier molecular flexibility index (Phi) is 7.95. The SMILES string of the molecule is CCC(=O)Nc1ccc(NC(=S)NC(=O)c2ccc(OCC(C)C)cc2)cc1. The lowest BCUT2D eigenvalue weighted by Gasteiger charge is -2.11. The molecule has 0 unspecified atom stereocenters. The zero-order chi connectivity index (χ0) is 20.5. The molecule has 2 amide bonds. The summed E-state index contributed by atoms with van der Waals surface area (Å²) < 4.78 is 5.61. The maximum absolute atomic E-state index is 12.3. The van der Waals surface area contributed by atoms with Crippen molar-refractivity contribution in [2.75, 3.05) is 17.2 Å². The van der Waals surface area contributed by atoms with E-state index in [0.29, 0.717) is 35.9 Å². The van der Waals surface area contributed by atoms with Gasteiger partial charge in [0.05, 0.1) is 6.61 Å². The summed E-state index contributed by atoms with van der Waals surface area (Å²) in [6.45, 7) is 6.56. The molecule has 0 fully saturated rings. The molecular formula is C21H25N3O3S. The van der Waals surface area contributed by atoms with Gasteiger partial charge in [0.15, 0.2) is 5.11 Å². The second-order valence-electron chi connectivity index (χ2n) is 6.62. The smallest absolute Gasteiger partial charge is 0.257 e. The van der Waals surface area contributed by atoms with Crippen LogP contribution >= 0.6 is 12.2 Å². The summed E-state index contributed by atoms with van der Waals surface area (Å²) in [7, 11) is 0. The molecule has 0 spiro atoms. The Labute approximate surface area is 170 Å². The minimum Gasteiger partial charge on any atom is -0.493 e. The Balaban J connectivity index is 1.86. The Morgan fingerprint density at radius 1 is 0.964 bits per heavy atom. The number of carbonyl (C=O) groups excluding carboxylic acids is 2. The van der Waals surface area contributed by atoms with Crippen molar-refractivity contribution < 1.29 is 14.3 Å². The molecule has 0 saturated carbocycles. The topological polar surface area (TPSA) is 79.5 Å². The van der Waals surface area contributed by atoms with Crippen LogP contribution in [0.1, 0.15) is 37.6 Å². The van der Waals surface area contributed by atoms with Crippen LogP contribution in [0, 0.1) is 5.92 Å². The first-order chi connectivity index (χ1) is 13.4. The van der Waals surface area contributed by atoms with Crippen LogP contribution in [-0.4, -0.2) is 23.5 Å². The molecule has 148 valence electrons. The molecule has 0 aliphatic carbocycles. The van der Waals surface area contributed by atoms with Gasteiger partial charge in [-0.15, -0.1) is 0 Å². The summed E-state index contributed by atoms with van der Waals surface area (Å²) in [6, 6.07) is 14.0. The highest BCUT2D eigenvalue weighted by molar-refractivity contribution is 7.80. The molecule has 0 aliphatic rings. The van der Waals surface area contributed by atoms with Gasteiger partial charge in [-0.2, -0.15) is 0 Å². The molecule has 3 N–H and O–H groups in total. The highest BCUT2D eigenvalue weighted by Crippen LogP contribution is 2.15. The van der Waals surface area contributed by atoms with E-state index in [-0.39, 0.29) is 16.9 Å². The van der Waals surface area contributed by atoms with Crippen LogP contribution < -0.4 is 20.7 Å². The van der Waals surface area contributed by atoms with Crippen molar-refractivity contribution in [3.8, 4) is 5.75 Å². The highest BCUT2D eigenvalue weighted by atomic mass is 32.1. The van der Waals surface area contributed by atoms with E-state index in [1.54, 1.807) is 55.5 Å². The Morgan fingerprint density at radius 2 is 1.54 bits per heavy atom. The lowest BCUT2D eigenvalue weighted by Crippen LogP contribution is -2.34. The fourth-order valence-corrected chi connectivity index (χ4v) is 2.40. The number of amides is 2. The molecule has 0 aromatic heterocycles. The van der Waals surface area contributed by atoms with Gasteiger partial charge in [-0.1, -0.05) is 20.8 Å². The van der Waals surface area contributed by atoms with Crippen molar-refractivity contribution in [2.24, 2.45) is 5.92 Å². The van der Waals surface area contributed by atoms with Gasteiger partial charge in [0.2, 0.25) is 5.91 Å². The highest BCUT2D eigenvalue weighted by Gasteiger charge is 2.09. The van der Waals surface area contributed by atoms with E-state index in [2.05, 4.69) is 29.8 Å². The zero-order valence-corrected chi connectivity index (χ0v) is 17.1. The second-order valence-corrected chi connectivity index (χ2v) is 7.02. The summed E-state index contributed by atoms with van der Waals surface area (Å²) in [4.78, 5) is 23.7. The quantitative estimate of drug-likeness (QED) is 0.608. The van der Waals surface area contributed by atoms with E-state index in [9.17, 15) is 9.59 Å². The first-order valence-electron chi connectivity index (χ1n) is 9.12. The van der Waals surface area contributed by atoms with Crippen molar-refractivity contribution in [2.45, 2.75) is 27.2 Å². The number of thiocarbonyl (C=S) groups is 1. The van der Waals surface area contributed by atoms with E-state index in [1.807, 2.05) is 0 Å². The first-order valence-corrected chi connectivity index (χ1v) is 9.53. The van der Waals surface area contributed by atoms with Crippen LogP contribution in [0.15, 0.2) is 48.5 Å². The van der Waals surface area contributed by atoms with Gasteiger partial charge in [0, 0.05) is 23.4 Å². The fraction of sp³-hybridized carbons (Fsp3) is 0.286. The van der Waals surface area contributed by atoms with Gasteiger partial charge in [-0.25, -0.2) is 0 Å². The van der Waals surface area contributed by atoms with Crippen molar-refractivity contribution in [1.29, 1.82) is 0 Å². The van der Waals surface area contributed by atoms with Crippen molar-refractivity contribution in [3.63, 3.8) is 0 Å². The molecule has 0 heterocycles. The number of anilines is 2. The molecule has 0 radical (unpaired) electrons. The summed E-state index contributed by atoms with van der Waals surface area (Å²) in [5.41, 5.74) is 1.89. The maximum atomic E-state index is 12.3. The minimum absolute atomic E-state index is 0.0517. The van der Waals surface area contributed by atoms with Crippen molar-refractivity contribution in [1.82, 2.24) is 5.32 Å². The fourth-order valence-electron chi connectivity index (χ4n) is 2.19. The molecule has 6 nitrogen and oxygen atoms in total. The maximum Gasteiger partial charge on any atom is 0.257 e. The number of rotatable bonds is 7. The summed E-state index contributed by atoms with van der Waals surface area (Å²) in [5.74, 6) is 0.800. The molecule has 0 atom stereocenters. The zero-order valence-electron chi connectivity index (χ0n) is 16.2. The van der Waals surface area contributed by atoms with Crippen LogP contribution in [-0.2, 0) is 4.79 Å². The molecule has 2 aromatic carbocycles. The molecule has 28 heavy (non-hydrogen) atoms. The van der Waals surface area contributed by atoms with Gasteiger partial charge in [-0.05, 0) is 66.7 Å². The number of benzene rings is 2. The Bertz CT molecular complexity index is 818. The monoisotopic (exact) mass is 399 g/mol. The van der Waals surface area contributed by atoms with Gasteiger partial charge >= 0.3 is 0 Å². The van der Waals surface area contributed by atoms with Crippen LogP contribution in [0.5, 0.6) is 5.75 Å². The van der Waals surface area contributed by atoms with E-state index in [1.165, 1.54) is 0 Å². The van der Waals surface area contributed by atoms with Gasteiger partial charge < -0.3 is 15.4 Å².